The van der Waals surface area contributed by atoms with Crippen molar-refractivity contribution in [3.63, 3.8) is 0 Å². The molecule has 132 valence electrons. The smallest absolute Gasteiger partial charge is 0.254 e. The molecule has 0 radical (unpaired) electrons. The maximum atomic E-state index is 13.3. The van der Waals surface area contributed by atoms with Crippen LogP contribution in [0.5, 0.6) is 0 Å². The Morgan fingerprint density at radius 3 is 2.54 bits per heavy atom. The number of nitrogens with zero attached hydrogens (tertiary/aromatic N) is 3. The van der Waals surface area contributed by atoms with Crippen LogP contribution in [0.15, 0.2) is 54.6 Å². The molecule has 0 bridgehead atoms. The number of carbonyl (C=O) groups is 1. The normalized spacial score (nSPS) is 13.5. The molecule has 1 amide bonds. The van der Waals surface area contributed by atoms with Gasteiger partial charge in [0.25, 0.3) is 5.91 Å². The standard InChI is InChI=1S/C21H20FN3O/c1-2-25-19-12-13-24(21(26)16-6-4-3-5-7-16)14-18(19)20(23-25)15-8-10-17(22)11-9-15/h3-11H,2,12-14H2,1H3. The third kappa shape index (κ3) is 2.90. The van der Waals surface area contributed by atoms with Crippen LogP contribution in [0.1, 0.15) is 28.5 Å². The van der Waals surface area contributed by atoms with Crippen LogP contribution in [-0.2, 0) is 19.5 Å². The second-order valence-electron chi connectivity index (χ2n) is 6.44. The van der Waals surface area contributed by atoms with Crippen molar-refractivity contribution in [3.05, 3.63) is 77.2 Å². The highest BCUT2D eigenvalue weighted by atomic mass is 19.1. The molecule has 26 heavy (non-hydrogen) atoms. The minimum atomic E-state index is -0.265. The number of hydrogen-bond acceptors (Lipinski definition) is 2. The van der Waals surface area contributed by atoms with Gasteiger partial charge < -0.3 is 4.90 Å². The molecule has 4 rings (SSSR count). The number of aromatic nitrogens is 2. The fourth-order valence-electron chi connectivity index (χ4n) is 3.53. The van der Waals surface area contributed by atoms with Gasteiger partial charge in [0.15, 0.2) is 0 Å². The average Bonchev–Trinajstić information content (AvgIpc) is 3.06. The molecule has 0 saturated heterocycles. The van der Waals surface area contributed by atoms with E-state index in [2.05, 4.69) is 6.92 Å². The summed E-state index contributed by atoms with van der Waals surface area (Å²) >= 11 is 0. The van der Waals surface area contributed by atoms with Gasteiger partial charge in [-0.3, -0.25) is 9.48 Å². The molecule has 2 aromatic carbocycles. The molecule has 0 unspecified atom stereocenters. The maximum Gasteiger partial charge on any atom is 0.254 e. The number of carbonyl (C=O) groups excluding carboxylic acids is 1. The van der Waals surface area contributed by atoms with Gasteiger partial charge in [-0.25, -0.2) is 4.39 Å². The Kier molecular flexibility index (Phi) is 4.29. The van der Waals surface area contributed by atoms with Gasteiger partial charge in [0, 0.05) is 48.4 Å². The molecule has 2 heterocycles. The monoisotopic (exact) mass is 349 g/mol. The van der Waals surface area contributed by atoms with Crippen LogP contribution in [-0.4, -0.2) is 27.1 Å². The highest BCUT2D eigenvalue weighted by Gasteiger charge is 2.28. The summed E-state index contributed by atoms with van der Waals surface area (Å²) in [7, 11) is 0. The number of amides is 1. The molecular formula is C21H20FN3O. The van der Waals surface area contributed by atoms with Crippen LogP contribution >= 0.6 is 0 Å². The molecular weight excluding hydrogens is 329 g/mol. The number of hydrogen-bond donors (Lipinski definition) is 0. The first-order chi connectivity index (χ1) is 12.7. The van der Waals surface area contributed by atoms with Crippen LogP contribution in [0.2, 0.25) is 0 Å². The molecule has 1 aliphatic heterocycles. The third-order valence-corrected chi connectivity index (χ3v) is 4.86. The highest BCUT2D eigenvalue weighted by molar-refractivity contribution is 5.94. The van der Waals surface area contributed by atoms with Crippen LogP contribution < -0.4 is 0 Å². The van der Waals surface area contributed by atoms with Gasteiger partial charge in [-0.05, 0) is 43.3 Å². The Morgan fingerprint density at radius 2 is 1.85 bits per heavy atom. The fourth-order valence-corrected chi connectivity index (χ4v) is 3.53. The minimum absolute atomic E-state index is 0.0329. The average molecular weight is 349 g/mol. The first kappa shape index (κ1) is 16.5. The molecule has 1 aromatic heterocycles. The van der Waals surface area contributed by atoms with Crippen molar-refractivity contribution in [2.45, 2.75) is 26.4 Å². The number of halogens is 1. The van der Waals surface area contributed by atoms with Crippen molar-refractivity contribution in [3.8, 4) is 11.3 Å². The van der Waals surface area contributed by atoms with E-state index in [1.165, 1.54) is 17.8 Å². The Bertz CT molecular complexity index is 932. The van der Waals surface area contributed by atoms with Crippen molar-refractivity contribution >= 4 is 5.91 Å². The summed E-state index contributed by atoms with van der Waals surface area (Å²) in [5, 5.41) is 4.73. The lowest BCUT2D eigenvalue weighted by Crippen LogP contribution is -2.36. The third-order valence-electron chi connectivity index (χ3n) is 4.86. The predicted molar refractivity (Wildman–Crippen MR) is 98.2 cm³/mol. The molecule has 0 aliphatic carbocycles. The van der Waals surface area contributed by atoms with Gasteiger partial charge in [-0.1, -0.05) is 18.2 Å². The largest absolute Gasteiger partial charge is 0.334 e. The van der Waals surface area contributed by atoms with Gasteiger partial charge in [-0.15, -0.1) is 0 Å². The lowest BCUT2D eigenvalue weighted by Gasteiger charge is -2.28. The predicted octanol–water partition coefficient (Wildman–Crippen LogP) is 3.91. The van der Waals surface area contributed by atoms with Gasteiger partial charge in [0.2, 0.25) is 0 Å². The number of benzene rings is 2. The Labute approximate surface area is 151 Å². The fraction of sp³-hybridized carbons (Fsp3) is 0.238. The van der Waals surface area contributed by atoms with Crippen molar-refractivity contribution in [2.24, 2.45) is 0 Å². The molecule has 0 N–H and O–H groups in total. The van der Waals surface area contributed by atoms with Crippen LogP contribution in [0.4, 0.5) is 4.39 Å². The molecule has 4 nitrogen and oxygen atoms in total. The van der Waals surface area contributed by atoms with E-state index >= 15 is 0 Å². The molecule has 0 saturated carbocycles. The maximum absolute atomic E-state index is 13.3. The van der Waals surface area contributed by atoms with E-state index in [-0.39, 0.29) is 11.7 Å². The quantitative estimate of drug-likeness (QED) is 0.719. The van der Waals surface area contributed by atoms with Crippen molar-refractivity contribution in [1.29, 1.82) is 0 Å². The topological polar surface area (TPSA) is 38.1 Å². The van der Waals surface area contributed by atoms with E-state index < -0.39 is 0 Å². The van der Waals surface area contributed by atoms with E-state index in [0.29, 0.717) is 18.7 Å². The Morgan fingerprint density at radius 1 is 1.12 bits per heavy atom. The summed E-state index contributed by atoms with van der Waals surface area (Å²) in [4.78, 5) is 14.7. The highest BCUT2D eigenvalue weighted by Crippen LogP contribution is 2.30. The van der Waals surface area contributed by atoms with E-state index in [9.17, 15) is 9.18 Å². The zero-order valence-electron chi connectivity index (χ0n) is 14.7. The van der Waals surface area contributed by atoms with Gasteiger partial charge in [0.1, 0.15) is 5.82 Å². The summed E-state index contributed by atoms with van der Waals surface area (Å²) in [6.45, 7) is 4.03. The lowest BCUT2D eigenvalue weighted by atomic mass is 10.00. The van der Waals surface area contributed by atoms with Gasteiger partial charge in [-0.2, -0.15) is 5.10 Å². The second-order valence-corrected chi connectivity index (χ2v) is 6.44. The second kappa shape index (κ2) is 6.75. The first-order valence-electron chi connectivity index (χ1n) is 8.86. The number of rotatable bonds is 3. The summed E-state index contributed by atoms with van der Waals surface area (Å²) in [6.07, 6.45) is 0.774. The first-order valence-corrected chi connectivity index (χ1v) is 8.86. The lowest BCUT2D eigenvalue weighted by molar-refractivity contribution is 0.0733. The van der Waals surface area contributed by atoms with E-state index in [4.69, 9.17) is 5.10 Å². The summed E-state index contributed by atoms with van der Waals surface area (Å²) in [5.41, 5.74) is 4.65. The van der Waals surface area contributed by atoms with Crippen LogP contribution in [0, 0.1) is 5.82 Å². The van der Waals surface area contributed by atoms with Crippen molar-refractivity contribution in [2.75, 3.05) is 6.54 Å². The molecule has 5 heteroatoms. The van der Waals surface area contributed by atoms with Gasteiger partial charge >= 0.3 is 0 Å². The minimum Gasteiger partial charge on any atom is -0.334 e. The Hall–Kier alpha value is -2.95. The number of fused-ring (bicyclic) bond motifs is 1. The Balaban J connectivity index is 1.70. The molecule has 3 aromatic rings. The SMILES string of the molecule is CCn1nc(-c2ccc(F)cc2)c2c1CCN(C(=O)c1ccccc1)C2. The zero-order chi connectivity index (χ0) is 18.1. The summed E-state index contributed by atoms with van der Waals surface area (Å²) in [6, 6.07) is 15.7. The molecule has 0 atom stereocenters. The summed E-state index contributed by atoms with van der Waals surface area (Å²) in [5.74, 6) is -0.232. The van der Waals surface area contributed by atoms with E-state index in [1.54, 1.807) is 12.1 Å². The molecule has 0 spiro atoms. The number of aryl methyl sites for hydroxylation is 1. The molecule has 0 fully saturated rings. The summed E-state index contributed by atoms with van der Waals surface area (Å²) < 4.78 is 15.3. The molecule has 1 aliphatic rings. The van der Waals surface area contributed by atoms with E-state index in [0.717, 1.165) is 29.8 Å². The van der Waals surface area contributed by atoms with Crippen LogP contribution in [0.3, 0.4) is 0 Å². The van der Waals surface area contributed by atoms with Crippen molar-refractivity contribution < 1.29 is 9.18 Å². The van der Waals surface area contributed by atoms with Crippen molar-refractivity contribution in [1.82, 2.24) is 14.7 Å². The van der Waals surface area contributed by atoms with E-state index in [1.807, 2.05) is 39.9 Å². The van der Waals surface area contributed by atoms with Crippen LogP contribution in [0.25, 0.3) is 11.3 Å². The van der Waals surface area contributed by atoms with Gasteiger partial charge in [0.05, 0.1) is 5.69 Å². The zero-order valence-corrected chi connectivity index (χ0v) is 14.7.